The number of amides is 10. The normalized spacial score (nSPS) is 14.4. The number of guanidine groups is 1. The van der Waals surface area contributed by atoms with Crippen molar-refractivity contribution >= 4 is 71.0 Å². The smallest absolute Gasteiger partial charge is 0.326 e. The predicted molar refractivity (Wildman–Crippen MR) is 319 cm³/mol. The van der Waals surface area contributed by atoms with E-state index in [1.54, 1.807) is 74.5 Å². The Morgan fingerprint density at radius 1 is 0.523 bits per heavy atom. The van der Waals surface area contributed by atoms with E-state index in [1.807, 2.05) is 0 Å². The van der Waals surface area contributed by atoms with Gasteiger partial charge in [0, 0.05) is 50.5 Å². The lowest BCUT2D eigenvalue weighted by Crippen LogP contribution is -2.61. The van der Waals surface area contributed by atoms with Gasteiger partial charge in [-0.05, 0) is 67.9 Å². The summed E-state index contributed by atoms with van der Waals surface area (Å²) < 4.78 is 0. The molecule has 4 aromatic rings. The number of primary amides is 1. The number of benzene rings is 3. The van der Waals surface area contributed by atoms with Crippen LogP contribution in [0.2, 0.25) is 0 Å². The van der Waals surface area contributed by atoms with Crippen molar-refractivity contribution in [3.8, 4) is 5.75 Å². The molecule has 1 aromatic heterocycles. The van der Waals surface area contributed by atoms with Crippen LogP contribution in [0.3, 0.4) is 0 Å². The van der Waals surface area contributed by atoms with Gasteiger partial charge in [-0.3, -0.25) is 52.9 Å². The molecule has 88 heavy (non-hydrogen) atoms. The third-order valence-corrected chi connectivity index (χ3v) is 13.6. The van der Waals surface area contributed by atoms with Gasteiger partial charge < -0.3 is 91.1 Å². The van der Waals surface area contributed by atoms with E-state index in [0.29, 0.717) is 22.4 Å². The van der Waals surface area contributed by atoms with Gasteiger partial charge in [0.05, 0.1) is 19.0 Å². The van der Waals surface area contributed by atoms with Crippen LogP contribution in [0.4, 0.5) is 0 Å². The molecule has 30 nitrogen and oxygen atoms in total. The number of nitrogens with one attached hydrogen (secondary N) is 10. The molecule has 0 aliphatic heterocycles. The molecule has 10 atom stereocenters. The number of carboxylic acid groups (broad SMARTS) is 1. The molecule has 4 rings (SSSR count). The second-order valence-electron chi connectivity index (χ2n) is 21.2. The maximum Gasteiger partial charge on any atom is 0.326 e. The molecule has 0 aliphatic rings. The van der Waals surface area contributed by atoms with Crippen molar-refractivity contribution in [1.82, 2.24) is 57.8 Å². The number of aromatic nitrogens is 2. The van der Waals surface area contributed by atoms with Gasteiger partial charge in [0.25, 0.3) is 0 Å². The number of rotatable bonds is 36. The number of carbonyl (C=O) groups excluding carboxylic acids is 10. The number of hydrogen-bond donors (Lipinski definition) is 17. The second kappa shape index (κ2) is 35.5. The first-order valence-electron chi connectivity index (χ1n) is 28.2. The van der Waals surface area contributed by atoms with E-state index in [-0.39, 0.29) is 63.2 Å². The van der Waals surface area contributed by atoms with Gasteiger partial charge in [-0.15, -0.1) is 0 Å². The molecule has 30 heteroatoms. The van der Waals surface area contributed by atoms with Crippen molar-refractivity contribution in [3.63, 3.8) is 0 Å². The summed E-state index contributed by atoms with van der Waals surface area (Å²) in [6, 6.07) is 8.30. The van der Waals surface area contributed by atoms with Gasteiger partial charge in [-0.2, -0.15) is 0 Å². The van der Waals surface area contributed by atoms with Crippen LogP contribution in [-0.4, -0.2) is 170 Å². The average Bonchev–Trinajstić information content (AvgIpc) is 2.61. The summed E-state index contributed by atoms with van der Waals surface area (Å²) in [5.41, 5.74) is 24.2. The minimum atomic E-state index is -1.70. The molecular formula is C58H80N16O14. The summed E-state index contributed by atoms with van der Waals surface area (Å²) >= 11 is 0. The van der Waals surface area contributed by atoms with E-state index in [2.05, 4.69) is 62.8 Å². The summed E-state index contributed by atoms with van der Waals surface area (Å²) in [5, 5.41) is 52.7. The SMILES string of the molecule is CC(C)[C@H](NC(=O)[C@H](Cc1cnc[nH]1)NC(=O)[C@H](CCC(N)=O)NC(=O)[C@H](C)NC(=O)[C@H](Cc1ccc(O)cc1)NC(=O)[C@H](C)N)C(=O)N[C@@H](Cc1ccccc1)C(=O)N[C@@H](CCCN=C(N)N)C(=O)N[C@@H](CO)C(=O)N[C@@H](Cc1ccccc1)C(=O)O. The zero-order valence-electron chi connectivity index (χ0n) is 49.2. The number of hydrogen-bond acceptors (Lipinski definition) is 16. The molecule has 10 amide bonds. The number of aromatic hydroxyl groups is 1. The van der Waals surface area contributed by atoms with Gasteiger partial charge in [0.2, 0.25) is 59.1 Å². The molecule has 476 valence electrons. The average molecular weight is 1230 g/mol. The Kier molecular flexibility index (Phi) is 28.4. The predicted octanol–water partition coefficient (Wildman–Crippen LogP) is -3.83. The Morgan fingerprint density at radius 2 is 0.966 bits per heavy atom. The van der Waals surface area contributed by atoms with Crippen molar-refractivity contribution in [2.45, 2.75) is 139 Å². The van der Waals surface area contributed by atoms with Gasteiger partial charge in [-0.1, -0.05) is 86.6 Å². The van der Waals surface area contributed by atoms with Crippen LogP contribution in [0.1, 0.15) is 75.8 Å². The van der Waals surface area contributed by atoms with Crippen molar-refractivity contribution in [1.29, 1.82) is 0 Å². The fraction of sp³-hybridized carbons (Fsp3) is 0.431. The number of aliphatic imine (C=N–C) groups is 1. The molecule has 1 heterocycles. The van der Waals surface area contributed by atoms with Crippen molar-refractivity contribution in [2.24, 2.45) is 33.8 Å². The number of aliphatic carboxylic acids is 1. The van der Waals surface area contributed by atoms with E-state index < -0.39 is 144 Å². The number of aliphatic hydroxyl groups excluding tert-OH is 1. The van der Waals surface area contributed by atoms with Crippen LogP contribution in [-0.2, 0) is 78.4 Å². The maximum absolute atomic E-state index is 14.5. The fourth-order valence-corrected chi connectivity index (χ4v) is 8.65. The summed E-state index contributed by atoms with van der Waals surface area (Å²) in [6.07, 6.45) is 1.10. The fourth-order valence-electron chi connectivity index (χ4n) is 8.65. The van der Waals surface area contributed by atoms with Crippen LogP contribution in [0, 0.1) is 5.92 Å². The van der Waals surface area contributed by atoms with Gasteiger partial charge in [0.15, 0.2) is 5.96 Å². The first-order chi connectivity index (χ1) is 41.7. The molecule has 0 aliphatic carbocycles. The van der Waals surface area contributed by atoms with Crippen molar-refractivity contribution in [3.05, 3.63) is 120 Å². The molecule has 0 fully saturated rings. The third kappa shape index (κ3) is 24.2. The summed E-state index contributed by atoms with van der Waals surface area (Å²) in [4.78, 5) is 160. The standard InChI is InChI=1S/C58H80N16O14/c1-31(2)47(56(86)71-42(24-34-12-7-5-8-13-34)53(83)68-39(16-11-23-64-58(61)62)50(80)73-45(29-75)55(85)72-44(57(87)88)26-35-14-9-6-10-15-35)74-54(84)43(27-37-28-63-30-65-37)70-51(81)40(21-22-46(60)77)67-49(79)33(4)66-52(82)41(69-48(78)32(3)59)25-36-17-19-38(76)20-18-36/h5-10,12-15,17-20,28,30-33,39-45,47,75-76H,11,16,21-27,29,59H2,1-4H3,(H2,60,77)(H,63,65)(H,66,82)(H,67,79)(H,68,83)(H,69,78)(H,70,81)(H,71,86)(H,72,85)(H,73,80)(H,74,84)(H,87,88)(H4,61,62,64)/t32-,33-,39-,40-,41-,42-,43-,44-,45-,47-/m0/s1. The minimum absolute atomic E-state index is 0.0153. The van der Waals surface area contributed by atoms with Gasteiger partial charge in [0.1, 0.15) is 60.1 Å². The van der Waals surface area contributed by atoms with Gasteiger partial charge in [-0.25, -0.2) is 9.78 Å². The zero-order chi connectivity index (χ0) is 65.0. The van der Waals surface area contributed by atoms with E-state index in [0.717, 1.165) is 0 Å². The molecule has 3 aromatic carbocycles. The highest BCUT2D eigenvalue weighted by atomic mass is 16.4. The highest BCUT2D eigenvalue weighted by molar-refractivity contribution is 5.99. The number of H-pyrrole nitrogens is 1. The van der Waals surface area contributed by atoms with Gasteiger partial charge >= 0.3 is 5.97 Å². The maximum atomic E-state index is 14.5. The number of imidazole rings is 1. The van der Waals surface area contributed by atoms with Crippen molar-refractivity contribution < 1.29 is 68.1 Å². The lowest BCUT2D eigenvalue weighted by Gasteiger charge is -2.29. The minimum Gasteiger partial charge on any atom is -0.508 e. The quantitative estimate of drug-likeness (QED) is 0.0118. The number of carboxylic acids is 1. The van der Waals surface area contributed by atoms with E-state index in [4.69, 9.17) is 22.9 Å². The Balaban J connectivity index is 1.57. The summed E-state index contributed by atoms with van der Waals surface area (Å²) in [5.74, 6) is -11.5. The zero-order valence-corrected chi connectivity index (χ0v) is 49.2. The van der Waals surface area contributed by atoms with E-state index >= 15 is 0 Å². The lowest BCUT2D eigenvalue weighted by molar-refractivity contribution is -0.142. The van der Waals surface area contributed by atoms with E-state index in [9.17, 15) is 68.1 Å². The molecule has 0 saturated heterocycles. The summed E-state index contributed by atoms with van der Waals surface area (Å²) in [7, 11) is 0. The molecule has 0 radical (unpaired) electrons. The highest BCUT2D eigenvalue weighted by Crippen LogP contribution is 2.14. The van der Waals surface area contributed by atoms with Crippen LogP contribution >= 0.6 is 0 Å². The number of phenols is 1. The first-order valence-corrected chi connectivity index (χ1v) is 28.2. The number of nitrogens with two attached hydrogens (primary N) is 4. The van der Waals surface area contributed by atoms with Crippen LogP contribution in [0.15, 0.2) is 102 Å². The topological polar surface area (TPSA) is 502 Å². The Labute approximate surface area is 507 Å². The van der Waals surface area contributed by atoms with E-state index in [1.165, 1.54) is 50.6 Å². The molecular weight excluding hydrogens is 1140 g/mol. The summed E-state index contributed by atoms with van der Waals surface area (Å²) in [6.45, 7) is 4.86. The number of nitrogens with zero attached hydrogens (tertiary/aromatic N) is 2. The van der Waals surface area contributed by atoms with Crippen LogP contribution in [0.5, 0.6) is 5.75 Å². The number of phenolic OH excluding ortho intramolecular Hbond substituents is 1. The lowest BCUT2D eigenvalue weighted by atomic mass is 9.99. The van der Waals surface area contributed by atoms with Crippen LogP contribution in [0.25, 0.3) is 0 Å². The third-order valence-electron chi connectivity index (χ3n) is 13.6. The molecule has 0 saturated carbocycles. The Hall–Kier alpha value is -9.97. The molecule has 0 unspecified atom stereocenters. The first kappa shape index (κ1) is 70.5. The Bertz CT molecular complexity index is 3020. The monoisotopic (exact) mass is 1220 g/mol. The largest absolute Gasteiger partial charge is 0.508 e. The highest BCUT2D eigenvalue weighted by Gasteiger charge is 2.36. The Morgan fingerprint density at radius 3 is 1.48 bits per heavy atom. The molecule has 0 bridgehead atoms. The second-order valence-corrected chi connectivity index (χ2v) is 21.2. The number of aliphatic hydroxyl groups is 1. The van der Waals surface area contributed by atoms with Crippen LogP contribution < -0.4 is 70.8 Å². The molecule has 21 N–H and O–H groups in total. The number of carbonyl (C=O) groups is 11. The van der Waals surface area contributed by atoms with Crippen molar-refractivity contribution in [2.75, 3.05) is 13.2 Å². The number of aromatic amines is 1. The molecule has 0 spiro atoms.